The third kappa shape index (κ3) is 4.35. The van der Waals surface area contributed by atoms with Crippen LogP contribution in [0.15, 0.2) is 36.4 Å². The van der Waals surface area contributed by atoms with Crippen LogP contribution >= 0.6 is 22.6 Å². The monoisotopic (exact) mass is 490 g/mol. The van der Waals surface area contributed by atoms with Gasteiger partial charge in [-0.05, 0) is 89.8 Å². The Balaban J connectivity index is 1.51. The van der Waals surface area contributed by atoms with Crippen molar-refractivity contribution >= 4 is 28.5 Å². The summed E-state index contributed by atoms with van der Waals surface area (Å²) in [5.41, 5.74) is 4.28. The molecule has 1 atom stereocenters. The molecule has 4 rings (SSSR count). The molecule has 1 N–H and O–H groups in total. The highest BCUT2D eigenvalue weighted by atomic mass is 127. The van der Waals surface area contributed by atoms with Gasteiger partial charge in [0.25, 0.3) is 5.91 Å². The fraction of sp³-hybridized carbons (Fsp3) is 0.435. The van der Waals surface area contributed by atoms with E-state index in [1.807, 2.05) is 6.07 Å². The number of ether oxygens (including phenoxy) is 1. The smallest absolute Gasteiger partial charge is 0.255 e. The van der Waals surface area contributed by atoms with E-state index >= 15 is 0 Å². The van der Waals surface area contributed by atoms with Crippen LogP contribution in [0.25, 0.3) is 0 Å². The average molecular weight is 490 g/mol. The zero-order chi connectivity index (χ0) is 19.5. The molecule has 2 aliphatic rings. The Bertz CT molecular complexity index is 850. The lowest BCUT2D eigenvalue weighted by Gasteiger charge is -2.23. The van der Waals surface area contributed by atoms with Gasteiger partial charge >= 0.3 is 0 Å². The standard InChI is InChI=1S/C23H27IN2O2/c1-2-26-10-3-4-20(26)15-25-23(27)21-14-17(13-18-9-11-28-22(18)21)12-16-5-7-19(24)8-6-16/h5-8,13-14,20H,2-4,9-12,15H2,1H3,(H,25,27)/t20-/m0/s1. The van der Waals surface area contributed by atoms with Crippen molar-refractivity contribution < 1.29 is 9.53 Å². The number of hydrogen-bond acceptors (Lipinski definition) is 3. The number of fused-ring (bicyclic) bond motifs is 1. The van der Waals surface area contributed by atoms with Gasteiger partial charge in [-0.2, -0.15) is 0 Å². The molecular weight excluding hydrogens is 463 g/mol. The fourth-order valence-corrected chi connectivity index (χ4v) is 4.69. The summed E-state index contributed by atoms with van der Waals surface area (Å²) >= 11 is 2.32. The highest BCUT2D eigenvalue weighted by molar-refractivity contribution is 14.1. The van der Waals surface area contributed by atoms with Gasteiger partial charge in [0.2, 0.25) is 0 Å². The van der Waals surface area contributed by atoms with E-state index in [-0.39, 0.29) is 5.91 Å². The lowest BCUT2D eigenvalue weighted by molar-refractivity contribution is 0.0938. The van der Waals surface area contributed by atoms with Crippen molar-refractivity contribution in [3.63, 3.8) is 0 Å². The van der Waals surface area contributed by atoms with Gasteiger partial charge < -0.3 is 10.1 Å². The van der Waals surface area contributed by atoms with Crippen LogP contribution < -0.4 is 10.1 Å². The van der Waals surface area contributed by atoms with Crippen LogP contribution in [-0.4, -0.2) is 43.1 Å². The molecule has 1 amide bonds. The van der Waals surface area contributed by atoms with Crippen LogP contribution in [0.1, 0.15) is 46.8 Å². The Labute approximate surface area is 180 Å². The van der Waals surface area contributed by atoms with Gasteiger partial charge in [-0.15, -0.1) is 0 Å². The highest BCUT2D eigenvalue weighted by Gasteiger charge is 2.26. The topological polar surface area (TPSA) is 41.6 Å². The molecule has 1 fully saturated rings. The number of hydrogen-bond donors (Lipinski definition) is 1. The first-order valence-corrected chi connectivity index (χ1v) is 11.3. The van der Waals surface area contributed by atoms with Crippen LogP contribution in [-0.2, 0) is 12.8 Å². The van der Waals surface area contributed by atoms with Gasteiger partial charge in [-0.25, -0.2) is 0 Å². The Morgan fingerprint density at radius 2 is 2.07 bits per heavy atom. The van der Waals surface area contributed by atoms with Gasteiger partial charge in [0.05, 0.1) is 12.2 Å². The molecule has 0 spiro atoms. The summed E-state index contributed by atoms with van der Waals surface area (Å²) in [6.07, 6.45) is 4.09. The molecule has 2 aromatic rings. The Morgan fingerprint density at radius 1 is 1.25 bits per heavy atom. The van der Waals surface area contributed by atoms with E-state index in [4.69, 9.17) is 4.74 Å². The SMILES string of the molecule is CCN1CCC[C@H]1CNC(=O)c1cc(Cc2ccc(I)cc2)cc2c1OCC2. The van der Waals surface area contributed by atoms with Crippen molar-refractivity contribution in [2.75, 3.05) is 26.2 Å². The second kappa shape index (κ2) is 8.82. The second-order valence-corrected chi connectivity index (χ2v) is 8.91. The third-order valence-corrected chi connectivity index (χ3v) is 6.53. The van der Waals surface area contributed by atoms with Crippen LogP contribution in [0.2, 0.25) is 0 Å². The minimum Gasteiger partial charge on any atom is -0.492 e. The first-order valence-electron chi connectivity index (χ1n) is 10.2. The van der Waals surface area contributed by atoms with Crippen LogP contribution in [0.5, 0.6) is 5.75 Å². The number of benzene rings is 2. The van der Waals surface area contributed by atoms with E-state index in [1.165, 1.54) is 21.1 Å². The maximum atomic E-state index is 13.0. The van der Waals surface area contributed by atoms with E-state index in [9.17, 15) is 4.79 Å². The lowest BCUT2D eigenvalue weighted by atomic mass is 9.98. The predicted octanol–water partition coefficient (Wildman–Crippen LogP) is 4.03. The molecule has 2 aromatic carbocycles. The first-order chi connectivity index (χ1) is 13.6. The van der Waals surface area contributed by atoms with Gasteiger partial charge in [-0.3, -0.25) is 9.69 Å². The number of nitrogens with zero attached hydrogens (tertiary/aromatic N) is 1. The Hall–Kier alpha value is -1.60. The Kier molecular flexibility index (Phi) is 6.21. The maximum absolute atomic E-state index is 13.0. The summed E-state index contributed by atoms with van der Waals surface area (Å²) in [6, 6.07) is 13.2. The molecular formula is C23H27IN2O2. The zero-order valence-corrected chi connectivity index (χ0v) is 18.5. The molecule has 2 heterocycles. The molecule has 0 saturated carbocycles. The number of carbonyl (C=O) groups excluding carboxylic acids is 1. The summed E-state index contributed by atoms with van der Waals surface area (Å²) in [6.45, 7) is 5.75. The van der Waals surface area contributed by atoms with Crippen molar-refractivity contribution in [1.82, 2.24) is 10.2 Å². The fourth-order valence-electron chi connectivity index (χ4n) is 4.33. The predicted molar refractivity (Wildman–Crippen MR) is 120 cm³/mol. The quantitative estimate of drug-likeness (QED) is 0.622. The third-order valence-electron chi connectivity index (χ3n) is 5.81. The molecule has 0 bridgehead atoms. The minimum atomic E-state index is -0.00874. The largest absolute Gasteiger partial charge is 0.492 e. The summed E-state index contributed by atoms with van der Waals surface area (Å²) in [5.74, 6) is 0.771. The lowest BCUT2D eigenvalue weighted by Crippen LogP contribution is -2.40. The number of likely N-dealkylation sites (N-methyl/N-ethyl adjacent to an activating group) is 1. The molecule has 0 unspecified atom stereocenters. The van der Waals surface area contributed by atoms with E-state index in [2.05, 4.69) is 70.1 Å². The van der Waals surface area contributed by atoms with Gasteiger partial charge in [0.15, 0.2) is 0 Å². The van der Waals surface area contributed by atoms with Gasteiger partial charge in [-0.1, -0.05) is 25.1 Å². The van der Waals surface area contributed by atoms with Crippen molar-refractivity contribution in [3.05, 3.63) is 62.2 Å². The molecule has 0 radical (unpaired) electrons. The molecule has 0 aliphatic carbocycles. The van der Waals surface area contributed by atoms with E-state index in [0.29, 0.717) is 24.8 Å². The number of carbonyl (C=O) groups is 1. The number of halogens is 1. The summed E-state index contributed by atoms with van der Waals surface area (Å²) in [5, 5.41) is 3.17. The van der Waals surface area contributed by atoms with Crippen LogP contribution in [0, 0.1) is 3.57 Å². The Morgan fingerprint density at radius 3 is 2.86 bits per heavy atom. The van der Waals surface area contributed by atoms with E-state index in [1.54, 1.807) is 0 Å². The summed E-state index contributed by atoms with van der Waals surface area (Å²) in [7, 11) is 0. The zero-order valence-electron chi connectivity index (χ0n) is 16.3. The van der Waals surface area contributed by atoms with Crippen molar-refractivity contribution in [2.24, 2.45) is 0 Å². The number of nitrogens with one attached hydrogen (secondary N) is 1. The first kappa shape index (κ1) is 19.7. The van der Waals surface area contributed by atoms with E-state index in [0.717, 1.165) is 43.7 Å². The van der Waals surface area contributed by atoms with Gasteiger partial charge in [0, 0.05) is 22.6 Å². The summed E-state index contributed by atoms with van der Waals surface area (Å²) < 4.78 is 7.05. The van der Waals surface area contributed by atoms with Crippen molar-refractivity contribution in [2.45, 2.75) is 38.6 Å². The average Bonchev–Trinajstić information content (AvgIpc) is 3.36. The van der Waals surface area contributed by atoms with Crippen LogP contribution in [0.3, 0.4) is 0 Å². The highest BCUT2D eigenvalue weighted by Crippen LogP contribution is 2.32. The maximum Gasteiger partial charge on any atom is 0.255 e. The van der Waals surface area contributed by atoms with Crippen molar-refractivity contribution in [1.29, 1.82) is 0 Å². The van der Waals surface area contributed by atoms with Crippen LogP contribution in [0.4, 0.5) is 0 Å². The van der Waals surface area contributed by atoms with Gasteiger partial charge in [0.1, 0.15) is 5.75 Å². The molecule has 5 heteroatoms. The molecule has 28 heavy (non-hydrogen) atoms. The molecule has 4 nitrogen and oxygen atoms in total. The minimum absolute atomic E-state index is 0.00874. The molecule has 148 valence electrons. The normalized spacial score (nSPS) is 18.7. The second-order valence-electron chi connectivity index (χ2n) is 7.67. The number of rotatable bonds is 6. The molecule has 0 aromatic heterocycles. The van der Waals surface area contributed by atoms with E-state index < -0.39 is 0 Å². The van der Waals surface area contributed by atoms with Crippen molar-refractivity contribution in [3.8, 4) is 5.75 Å². The molecule has 2 aliphatic heterocycles. The number of likely N-dealkylation sites (tertiary alicyclic amines) is 1. The summed E-state index contributed by atoms with van der Waals surface area (Å²) in [4.78, 5) is 15.4. The molecule has 1 saturated heterocycles. The number of amides is 1.